The molecule has 2 atom stereocenters. The van der Waals surface area contributed by atoms with Crippen molar-refractivity contribution in [2.24, 2.45) is 0 Å². The summed E-state index contributed by atoms with van der Waals surface area (Å²) in [5.41, 5.74) is 2.00. The van der Waals surface area contributed by atoms with Crippen molar-refractivity contribution in [2.45, 2.75) is 44.8 Å². The van der Waals surface area contributed by atoms with Crippen LogP contribution in [0.25, 0.3) is 0 Å². The Balaban J connectivity index is 1.89. The predicted molar refractivity (Wildman–Crippen MR) is 122 cm³/mol. The van der Waals surface area contributed by atoms with Gasteiger partial charge in [0, 0.05) is 31.5 Å². The van der Waals surface area contributed by atoms with Crippen molar-refractivity contribution in [3.8, 4) is 5.75 Å². The van der Waals surface area contributed by atoms with Gasteiger partial charge in [-0.05, 0) is 32.1 Å². The van der Waals surface area contributed by atoms with Crippen molar-refractivity contribution in [1.82, 2.24) is 15.1 Å². The van der Waals surface area contributed by atoms with Crippen LogP contribution >= 0.6 is 0 Å². The normalized spacial score (nSPS) is 16.8. The SMILES string of the molecule is CCCC(=O)N[C@H](Cc1ccccc1)C(=O)N1Cc2ccccc2OC[C@H]1CN(C)C. The standard InChI is InChI=1S/C25H33N3O3/c1-4-10-24(29)26-22(15-19-11-6-5-7-12-19)25(30)28-16-20-13-8-9-14-23(20)31-18-21(28)17-27(2)3/h5-9,11-14,21-22H,4,10,15-18H2,1-3H3,(H,26,29)/t21-,22-/m1/s1. The zero-order valence-electron chi connectivity index (χ0n) is 18.7. The largest absolute Gasteiger partial charge is 0.491 e. The quantitative estimate of drug-likeness (QED) is 0.709. The fraction of sp³-hybridized carbons (Fsp3) is 0.440. The average molecular weight is 424 g/mol. The minimum absolute atomic E-state index is 0.0690. The van der Waals surface area contributed by atoms with Gasteiger partial charge in [-0.15, -0.1) is 0 Å². The molecule has 3 rings (SSSR count). The molecule has 0 bridgehead atoms. The van der Waals surface area contributed by atoms with Crippen LogP contribution in [0.15, 0.2) is 54.6 Å². The molecule has 6 heteroatoms. The maximum atomic E-state index is 13.8. The highest BCUT2D eigenvalue weighted by atomic mass is 16.5. The van der Waals surface area contributed by atoms with E-state index >= 15 is 0 Å². The summed E-state index contributed by atoms with van der Waals surface area (Å²) in [6.07, 6.45) is 1.61. The molecule has 0 radical (unpaired) electrons. The number of carbonyl (C=O) groups excluding carboxylic acids is 2. The van der Waals surface area contributed by atoms with Gasteiger partial charge in [0.1, 0.15) is 18.4 Å². The number of para-hydroxylation sites is 1. The molecule has 1 aliphatic heterocycles. The van der Waals surface area contributed by atoms with Gasteiger partial charge in [-0.3, -0.25) is 9.59 Å². The molecule has 0 spiro atoms. The van der Waals surface area contributed by atoms with Gasteiger partial charge < -0.3 is 19.9 Å². The van der Waals surface area contributed by atoms with Gasteiger partial charge in [0.25, 0.3) is 0 Å². The van der Waals surface area contributed by atoms with Crippen molar-refractivity contribution in [2.75, 3.05) is 27.2 Å². The van der Waals surface area contributed by atoms with Gasteiger partial charge in [0.05, 0.1) is 6.04 Å². The Bertz CT molecular complexity index is 869. The zero-order chi connectivity index (χ0) is 22.2. The molecule has 1 N–H and O–H groups in total. The van der Waals surface area contributed by atoms with Crippen LogP contribution < -0.4 is 10.1 Å². The third-order valence-electron chi connectivity index (χ3n) is 5.44. The molecule has 2 aromatic rings. The van der Waals surface area contributed by atoms with Crippen LogP contribution in [0.1, 0.15) is 30.9 Å². The molecule has 0 unspecified atom stereocenters. The molecule has 2 amide bonds. The Morgan fingerprint density at radius 1 is 1.13 bits per heavy atom. The Kier molecular flexibility index (Phi) is 8.06. The van der Waals surface area contributed by atoms with E-state index in [0.29, 0.717) is 32.5 Å². The summed E-state index contributed by atoms with van der Waals surface area (Å²) in [5.74, 6) is 0.657. The molecule has 1 aliphatic rings. The fourth-order valence-electron chi connectivity index (χ4n) is 3.94. The second-order valence-corrected chi connectivity index (χ2v) is 8.36. The highest BCUT2D eigenvalue weighted by Gasteiger charge is 2.34. The van der Waals surface area contributed by atoms with E-state index in [1.807, 2.05) is 80.5 Å². The first kappa shape index (κ1) is 22.8. The molecule has 2 aromatic carbocycles. The van der Waals surface area contributed by atoms with Crippen molar-refractivity contribution in [3.63, 3.8) is 0 Å². The summed E-state index contributed by atoms with van der Waals surface area (Å²) in [5, 5.41) is 3.00. The van der Waals surface area contributed by atoms with Crippen LogP contribution in [-0.2, 0) is 22.6 Å². The lowest BCUT2D eigenvalue weighted by Gasteiger charge is -2.34. The first-order chi connectivity index (χ1) is 15.0. The molecule has 0 saturated heterocycles. The van der Waals surface area contributed by atoms with E-state index in [4.69, 9.17) is 4.74 Å². The lowest BCUT2D eigenvalue weighted by Crippen LogP contribution is -2.55. The number of fused-ring (bicyclic) bond motifs is 1. The van der Waals surface area contributed by atoms with E-state index in [0.717, 1.165) is 23.3 Å². The molecule has 31 heavy (non-hydrogen) atoms. The van der Waals surface area contributed by atoms with Gasteiger partial charge in [0.15, 0.2) is 0 Å². The molecule has 166 valence electrons. The Hall–Kier alpha value is -2.86. The van der Waals surface area contributed by atoms with Crippen LogP contribution in [-0.4, -0.2) is 60.9 Å². The third-order valence-corrected chi connectivity index (χ3v) is 5.44. The minimum atomic E-state index is -0.614. The number of likely N-dealkylation sites (N-methyl/N-ethyl adjacent to an activating group) is 1. The Morgan fingerprint density at radius 2 is 1.84 bits per heavy atom. The van der Waals surface area contributed by atoms with Gasteiger partial charge in [-0.2, -0.15) is 0 Å². The average Bonchev–Trinajstić information content (AvgIpc) is 2.93. The third kappa shape index (κ3) is 6.31. The fourth-order valence-corrected chi connectivity index (χ4v) is 3.94. The molecular formula is C25H33N3O3. The van der Waals surface area contributed by atoms with Crippen LogP contribution in [0.4, 0.5) is 0 Å². The van der Waals surface area contributed by atoms with E-state index in [9.17, 15) is 9.59 Å². The summed E-state index contributed by atoms with van der Waals surface area (Å²) < 4.78 is 6.05. The lowest BCUT2D eigenvalue weighted by molar-refractivity contribution is -0.139. The van der Waals surface area contributed by atoms with Gasteiger partial charge >= 0.3 is 0 Å². The number of nitrogens with zero attached hydrogens (tertiary/aromatic N) is 2. The van der Waals surface area contributed by atoms with E-state index in [1.54, 1.807) is 0 Å². The molecule has 1 heterocycles. The highest BCUT2D eigenvalue weighted by molar-refractivity contribution is 5.88. The Morgan fingerprint density at radius 3 is 2.55 bits per heavy atom. The topological polar surface area (TPSA) is 61.9 Å². The number of ether oxygens (including phenoxy) is 1. The summed E-state index contributed by atoms with van der Waals surface area (Å²) in [7, 11) is 3.98. The maximum absolute atomic E-state index is 13.8. The van der Waals surface area contributed by atoms with Crippen molar-refractivity contribution in [1.29, 1.82) is 0 Å². The first-order valence-corrected chi connectivity index (χ1v) is 11.0. The smallest absolute Gasteiger partial charge is 0.246 e. The van der Waals surface area contributed by atoms with E-state index < -0.39 is 6.04 Å². The van der Waals surface area contributed by atoms with Gasteiger partial charge in [-0.1, -0.05) is 55.5 Å². The summed E-state index contributed by atoms with van der Waals surface area (Å²) >= 11 is 0. The molecule has 0 aromatic heterocycles. The second kappa shape index (κ2) is 11.0. The molecule has 6 nitrogen and oxygen atoms in total. The highest BCUT2D eigenvalue weighted by Crippen LogP contribution is 2.26. The number of hydrogen-bond donors (Lipinski definition) is 1. The first-order valence-electron chi connectivity index (χ1n) is 11.0. The number of carbonyl (C=O) groups is 2. The maximum Gasteiger partial charge on any atom is 0.246 e. The number of hydrogen-bond acceptors (Lipinski definition) is 4. The van der Waals surface area contributed by atoms with Crippen LogP contribution in [0.2, 0.25) is 0 Å². The minimum Gasteiger partial charge on any atom is -0.491 e. The predicted octanol–water partition coefficient (Wildman–Crippen LogP) is 2.87. The molecule has 0 saturated carbocycles. The van der Waals surface area contributed by atoms with Gasteiger partial charge in [-0.25, -0.2) is 0 Å². The number of nitrogens with one attached hydrogen (secondary N) is 1. The summed E-state index contributed by atoms with van der Waals surface area (Å²) in [6, 6.07) is 17.0. The molecule has 0 fully saturated rings. The van der Waals surface area contributed by atoms with E-state index in [1.165, 1.54) is 0 Å². The van der Waals surface area contributed by atoms with E-state index in [-0.39, 0.29) is 17.9 Å². The van der Waals surface area contributed by atoms with Crippen LogP contribution in [0, 0.1) is 0 Å². The monoisotopic (exact) mass is 423 g/mol. The van der Waals surface area contributed by atoms with Crippen molar-refractivity contribution in [3.05, 3.63) is 65.7 Å². The van der Waals surface area contributed by atoms with E-state index in [2.05, 4.69) is 10.2 Å². The number of rotatable bonds is 8. The zero-order valence-corrected chi connectivity index (χ0v) is 18.7. The summed E-state index contributed by atoms with van der Waals surface area (Å²) in [4.78, 5) is 30.2. The van der Waals surface area contributed by atoms with Crippen molar-refractivity contribution < 1.29 is 14.3 Å². The summed E-state index contributed by atoms with van der Waals surface area (Å²) in [6.45, 7) is 3.52. The lowest BCUT2D eigenvalue weighted by atomic mass is 10.0. The number of benzene rings is 2. The van der Waals surface area contributed by atoms with Crippen molar-refractivity contribution >= 4 is 11.8 Å². The van der Waals surface area contributed by atoms with Crippen LogP contribution in [0.5, 0.6) is 5.75 Å². The van der Waals surface area contributed by atoms with Crippen LogP contribution in [0.3, 0.4) is 0 Å². The van der Waals surface area contributed by atoms with Gasteiger partial charge in [0.2, 0.25) is 11.8 Å². The number of amides is 2. The molecule has 0 aliphatic carbocycles. The second-order valence-electron chi connectivity index (χ2n) is 8.36. The molecular weight excluding hydrogens is 390 g/mol. The Labute approximate surface area is 185 Å².